The predicted octanol–water partition coefficient (Wildman–Crippen LogP) is 3.11. The third-order valence-corrected chi connectivity index (χ3v) is 4.14. The molecule has 1 N–H and O–H groups in total. The smallest absolute Gasteiger partial charge is 0.251 e. The van der Waals surface area contributed by atoms with Crippen molar-refractivity contribution in [3.05, 3.63) is 65.6 Å². The van der Waals surface area contributed by atoms with E-state index >= 15 is 0 Å². The Morgan fingerprint density at radius 1 is 1.29 bits per heavy atom. The first kappa shape index (κ1) is 14.8. The average Bonchev–Trinajstić information content (AvgIpc) is 3.30. The maximum absolute atomic E-state index is 12.0. The van der Waals surface area contributed by atoms with Crippen LogP contribution in [0.1, 0.15) is 34.5 Å². The van der Waals surface area contributed by atoms with Crippen molar-refractivity contribution in [1.82, 2.24) is 14.7 Å². The second-order valence-electron chi connectivity index (χ2n) is 6.22. The summed E-state index contributed by atoms with van der Waals surface area (Å²) in [4.78, 5) is 16.5. The largest absolute Gasteiger partial charge is 0.487 e. The number of carbonyl (C=O) groups is 1. The minimum absolute atomic E-state index is 0.0140. The SMILES string of the molecule is Cc1cccn2cc(COc3ccc(C(=O)NC4CC4)cc3)nc12. The maximum Gasteiger partial charge on any atom is 0.251 e. The molecule has 1 aliphatic carbocycles. The number of aryl methyl sites for hydroxylation is 1. The number of imidazole rings is 1. The van der Waals surface area contributed by atoms with Gasteiger partial charge in [0.1, 0.15) is 18.0 Å². The zero-order chi connectivity index (χ0) is 16.5. The highest BCUT2D eigenvalue weighted by molar-refractivity contribution is 5.94. The molecule has 1 aliphatic rings. The fraction of sp³-hybridized carbons (Fsp3) is 0.263. The van der Waals surface area contributed by atoms with Gasteiger partial charge in [-0.3, -0.25) is 4.79 Å². The Hall–Kier alpha value is -2.82. The lowest BCUT2D eigenvalue weighted by Gasteiger charge is -2.06. The molecule has 1 aromatic carbocycles. The van der Waals surface area contributed by atoms with E-state index in [1.165, 1.54) is 0 Å². The molecule has 122 valence electrons. The molecular weight excluding hydrogens is 302 g/mol. The van der Waals surface area contributed by atoms with Crippen LogP contribution in [0.4, 0.5) is 0 Å². The number of ether oxygens (including phenoxy) is 1. The topological polar surface area (TPSA) is 55.6 Å². The molecule has 0 unspecified atom stereocenters. The highest BCUT2D eigenvalue weighted by atomic mass is 16.5. The van der Waals surface area contributed by atoms with E-state index in [4.69, 9.17) is 4.74 Å². The summed E-state index contributed by atoms with van der Waals surface area (Å²) in [7, 11) is 0. The van der Waals surface area contributed by atoms with Crippen LogP contribution in [0.5, 0.6) is 5.75 Å². The lowest BCUT2D eigenvalue weighted by Crippen LogP contribution is -2.25. The first-order chi connectivity index (χ1) is 11.7. The fourth-order valence-corrected chi connectivity index (χ4v) is 2.63. The van der Waals surface area contributed by atoms with Gasteiger partial charge in [-0.2, -0.15) is 0 Å². The van der Waals surface area contributed by atoms with Gasteiger partial charge in [0.15, 0.2) is 0 Å². The van der Waals surface area contributed by atoms with Gasteiger partial charge in [0.05, 0.1) is 5.69 Å². The molecule has 0 radical (unpaired) electrons. The van der Waals surface area contributed by atoms with Gasteiger partial charge in [-0.1, -0.05) is 6.07 Å². The van der Waals surface area contributed by atoms with Crippen LogP contribution in [0.3, 0.4) is 0 Å². The van der Waals surface area contributed by atoms with Crippen molar-refractivity contribution in [3.8, 4) is 5.75 Å². The van der Waals surface area contributed by atoms with E-state index in [9.17, 15) is 4.79 Å². The second kappa shape index (κ2) is 6.00. The monoisotopic (exact) mass is 321 g/mol. The number of benzene rings is 1. The Morgan fingerprint density at radius 3 is 2.79 bits per heavy atom. The van der Waals surface area contributed by atoms with Crippen molar-refractivity contribution < 1.29 is 9.53 Å². The molecule has 2 heterocycles. The van der Waals surface area contributed by atoms with Crippen LogP contribution in [0, 0.1) is 6.92 Å². The Kier molecular flexibility index (Phi) is 3.69. The Balaban J connectivity index is 1.41. The molecule has 1 amide bonds. The van der Waals surface area contributed by atoms with Gasteiger partial charge in [-0.25, -0.2) is 4.98 Å². The quantitative estimate of drug-likeness (QED) is 0.785. The molecule has 1 saturated carbocycles. The van der Waals surface area contributed by atoms with E-state index in [1.807, 2.05) is 48.0 Å². The summed E-state index contributed by atoms with van der Waals surface area (Å²) in [6, 6.07) is 11.6. The Labute approximate surface area is 140 Å². The molecule has 5 nitrogen and oxygen atoms in total. The van der Waals surface area contributed by atoms with E-state index in [0.717, 1.165) is 35.5 Å². The summed E-state index contributed by atoms with van der Waals surface area (Å²) >= 11 is 0. The summed E-state index contributed by atoms with van der Waals surface area (Å²) in [5.74, 6) is 0.714. The lowest BCUT2D eigenvalue weighted by molar-refractivity contribution is 0.0951. The first-order valence-corrected chi connectivity index (χ1v) is 8.16. The Morgan fingerprint density at radius 2 is 2.08 bits per heavy atom. The minimum atomic E-state index is -0.0140. The first-order valence-electron chi connectivity index (χ1n) is 8.16. The number of hydrogen-bond acceptors (Lipinski definition) is 3. The van der Waals surface area contributed by atoms with Gasteiger partial charge in [0.2, 0.25) is 0 Å². The van der Waals surface area contributed by atoms with Crippen molar-refractivity contribution in [3.63, 3.8) is 0 Å². The van der Waals surface area contributed by atoms with Crippen molar-refractivity contribution in [1.29, 1.82) is 0 Å². The van der Waals surface area contributed by atoms with Crippen LogP contribution in [0.15, 0.2) is 48.8 Å². The minimum Gasteiger partial charge on any atom is -0.487 e. The zero-order valence-electron chi connectivity index (χ0n) is 13.5. The molecule has 0 saturated heterocycles. The van der Waals surface area contributed by atoms with Crippen LogP contribution in [-0.4, -0.2) is 21.3 Å². The average molecular weight is 321 g/mol. The summed E-state index contributed by atoms with van der Waals surface area (Å²) in [5.41, 5.74) is 3.62. The van der Waals surface area contributed by atoms with Crippen molar-refractivity contribution in [2.24, 2.45) is 0 Å². The number of nitrogens with zero attached hydrogens (tertiary/aromatic N) is 2. The third-order valence-electron chi connectivity index (χ3n) is 4.14. The molecule has 0 atom stereocenters. The van der Waals surface area contributed by atoms with Crippen molar-refractivity contribution in [2.75, 3.05) is 0 Å². The van der Waals surface area contributed by atoms with Gasteiger partial charge in [-0.15, -0.1) is 0 Å². The molecule has 3 aromatic rings. The van der Waals surface area contributed by atoms with E-state index in [2.05, 4.69) is 10.3 Å². The molecule has 1 fully saturated rings. The number of aromatic nitrogens is 2. The standard InChI is InChI=1S/C19H19N3O2/c1-13-3-2-10-22-11-16(20-18(13)22)12-24-17-8-4-14(5-9-17)19(23)21-15-6-7-15/h2-5,8-11,15H,6-7,12H2,1H3,(H,21,23). The van der Waals surface area contributed by atoms with Crippen molar-refractivity contribution >= 4 is 11.6 Å². The summed E-state index contributed by atoms with van der Waals surface area (Å²) in [5, 5.41) is 2.98. The maximum atomic E-state index is 12.0. The van der Waals surface area contributed by atoms with E-state index in [0.29, 0.717) is 18.2 Å². The van der Waals surface area contributed by atoms with Crippen LogP contribution in [0.2, 0.25) is 0 Å². The summed E-state index contributed by atoms with van der Waals surface area (Å²) in [6.07, 6.45) is 6.13. The van der Waals surface area contributed by atoms with Gasteiger partial charge in [0, 0.05) is 24.0 Å². The van der Waals surface area contributed by atoms with Gasteiger partial charge < -0.3 is 14.5 Å². The van der Waals surface area contributed by atoms with Crippen LogP contribution in [0.25, 0.3) is 5.65 Å². The van der Waals surface area contributed by atoms with Gasteiger partial charge in [-0.05, 0) is 55.7 Å². The van der Waals surface area contributed by atoms with Crippen LogP contribution >= 0.6 is 0 Å². The highest BCUT2D eigenvalue weighted by Gasteiger charge is 2.23. The summed E-state index contributed by atoms with van der Waals surface area (Å²) < 4.78 is 7.78. The number of fused-ring (bicyclic) bond motifs is 1. The molecule has 4 rings (SSSR count). The van der Waals surface area contributed by atoms with E-state index in [-0.39, 0.29) is 5.91 Å². The molecule has 0 bridgehead atoms. The summed E-state index contributed by atoms with van der Waals surface area (Å²) in [6.45, 7) is 2.44. The molecule has 0 aliphatic heterocycles. The normalized spacial score (nSPS) is 13.9. The van der Waals surface area contributed by atoms with Crippen LogP contribution in [-0.2, 0) is 6.61 Å². The molecule has 0 spiro atoms. The zero-order valence-corrected chi connectivity index (χ0v) is 13.5. The van der Waals surface area contributed by atoms with Crippen molar-refractivity contribution in [2.45, 2.75) is 32.4 Å². The van der Waals surface area contributed by atoms with Crippen LogP contribution < -0.4 is 10.1 Å². The molecular formula is C19H19N3O2. The van der Waals surface area contributed by atoms with E-state index in [1.54, 1.807) is 12.1 Å². The molecule has 2 aromatic heterocycles. The molecule has 24 heavy (non-hydrogen) atoms. The highest BCUT2D eigenvalue weighted by Crippen LogP contribution is 2.20. The number of rotatable bonds is 5. The number of carbonyl (C=O) groups excluding carboxylic acids is 1. The third kappa shape index (κ3) is 3.11. The number of hydrogen-bond donors (Lipinski definition) is 1. The van der Waals surface area contributed by atoms with Gasteiger partial charge >= 0.3 is 0 Å². The van der Waals surface area contributed by atoms with Gasteiger partial charge in [0.25, 0.3) is 5.91 Å². The molecule has 5 heteroatoms. The number of pyridine rings is 1. The second-order valence-corrected chi connectivity index (χ2v) is 6.22. The fourth-order valence-electron chi connectivity index (χ4n) is 2.63. The Bertz CT molecular complexity index is 879. The number of amides is 1. The lowest BCUT2D eigenvalue weighted by atomic mass is 10.2. The predicted molar refractivity (Wildman–Crippen MR) is 91.2 cm³/mol. The number of nitrogens with one attached hydrogen (secondary N) is 1. The van der Waals surface area contributed by atoms with E-state index < -0.39 is 0 Å².